The highest BCUT2D eigenvalue weighted by Crippen LogP contribution is 2.36. The highest BCUT2D eigenvalue weighted by Gasteiger charge is 2.36. The molecule has 4 rings (SSSR count). The molecule has 0 radical (unpaired) electrons. The molecule has 32 heavy (non-hydrogen) atoms. The zero-order valence-corrected chi connectivity index (χ0v) is 17.5. The number of anilines is 1. The predicted molar refractivity (Wildman–Crippen MR) is 113 cm³/mol. The molecule has 0 bridgehead atoms. The summed E-state index contributed by atoms with van der Waals surface area (Å²) in [5, 5.41) is 11.2. The summed E-state index contributed by atoms with van der Waals surface area (Å²) in [4.78, 5) is 15.6. The Hall–Kier alpha value is -3.20. The molecular weight excluding hydrogens is 421 g/mol. The van der Waals surface area contributed by atoms with Crippen molar-refractivity contribution in [1.82, 2.24) is 15.0 Å². The van der Waals surface area contributed by atoms with Gasteiger partial charge in [0.05, 0.1) is 5.60 Å². The Kier molecular flexibility index (Phi) is 6.01. The van der Waals surface area contributed by atoms with Crippen molar-refractivity contribution in [3.8, 4) is 17.3 Å². The second kappa shape index (κ2) is 8.74. The number of aryl methyl sites for hydroxylation is 1. The molecule has 1 saturated heterocycles. The van der Waals surface area contributed by atoms with Crippen LogP contribution in [0.25, 0.3) is 11.5 Å². The molecule has 0 saturated carbocycles. The van der Waals surface area contributed by atoms with Crippen molar-refractivity contribution in [3.05, 3.63) is 66.0 Å². The molecule has 0 spiro atoms. The number of benzene rings is 1. The van der Waals surface area contributed by atoms with Gasteiger partial charge in [-0.05, 0) is 49.1 Å². The van der Waals surface area contributed by atoms with Gasteiger partial charge in [-0.15, -0.1) is 13.2 Å². The normalized spacial score (nSPS) is 16.1. The van der Waals surface area contributed by atoms with Crippen LogP contribution in [0.4, 0.5) is 19.0 Å². The number of rotatable bonds is 5. The molecule has 168 valence electrons. The fourth-order valence-corrected chi connectivity index (χ4v) is 3.81. The van der Waals surface area contributed by atoms with Crippen molar-refractivity contribution in [3.63, 3.8) is 0 Å². The Bertz CT molecular complexity index is 1070. The second-order valence-corrected chi connectivity index (χ2v) is 7.70. The van der Waals surface area contributed by atoms with Gasteiger partial charge in [-0.25, -0.2) is 9.97 Å². The lowest BCUT2D eigenvalue weighted by Gasteiger charge is -2.39. The Balaban J connectivity index is 1.53. The number of nitrogens with zero attached hydrogens (tertiary/aromatic N) is 4. The van der Waals surface area contributed by atoms with Gasteiger partial charge in [-0.2, -0.15) is 0 Å². The maximum absolute atomic E-state index is 12.6. The Morgan fingerprint density at radius 1 is 1.06 bits per heavy atom. The SMILES string of the molecule is CCc1cc(N2CCC(O)(c3cccc(OC(F)(F)F)c3)CC2)nc(-c2ccccn2)n1. The Morgan fingerprint density at radius 2 is 1.84 bits per heavy atom. The average Bonchev–Trinajstić information content (AvgIpc) is 2.79. The second-order valence-electron chi connectivity index (χ2n) is 7.70. The third-order valence-corrected chi connectivity index (χ3v) is 5.54. The Labute approximate surface area is 183 Å². The third kappa shape index (κ3) is 4.99. The lowest BCUT2D eigenvalue weighted by molar-refractivity contribution is -0.274. The molecule has 6 nitrogen and oxygen atoms in total. The number of hydrogen-bond donors (Lipinski definition) is 1. The van der Waals surface area contributed by atoms with Gasteiger partial charge >= 0.3 is 6.36 Å². The minimum absolute atomic E-state index is 0.339. The van der Waals surface area contributed by atoms with Crippen LogP contribution in [-0.2, 0) is 12.0 Å². The van der Waals surface area contributed by atoms with Gasteiger partial charge in [0.15, 0.2) is 5.82 Å². The third-order valence-electron chi connectivity index (χ3n) is 5.54. The van der Waals surface area contributed by atoms with E-state index in [2.05, 4.69) is 24.6 Å². The largest absolute Gasteiger partial charge is 0.573 e. The topological polar surface area (TPSA) is 71.4 Å². The first-order valence-electron chi connectivity index (χ1n) is 10.4. The van der Waals surface area contributed by atoms with Crippen molar-refractivity contribution in [2.45, 2.75) is 38.1 Å². The molecule has 3 aromatic rings. The molecule has 0 atom stereocenters. The van der Waals surface area contributed by atoms with E-state index in [0.29, 0.717) is 43.0 Å². The summed E-state index contributed by atoms with van der Waals surface area (Å²) in [5.41, 5.74) is 0.726. The van der Waals surface area contributed by atoms with E-state index < -0.39 is 12.0 Å². The van der Waals surface area contributed by atoms with E-state index in [1.165, 1.54) is 18.2 Å². The quantitative estimate of drug-likeness (QED) is 0.625. The highest BCUT2D eigenvalue weighted by molar-refractivity contribution is 5.54. The van der Waals surface area contributed by atoms with Crippen LogP contribution in [-0.4, -0.2) is 39.5 Å². The van der Waals surface area contributed by atoms with Crippen molar-refractivity contribution in [2.24, 2.45) is 0 Å². The molecule has 1 N–H and O–H groups in total. The van der Waals surface area contributed by atoms with E-state index in [0.717, 1.165) is 17.9 Å². The fraction of sp³-hybridized carbons (Fsp3) is 0.348. The van der Waals surface area contributed by atoms with Crippen LogP contribution in [0, 0.1) is 0 Å². The number of aliphatic hydroxyl groups is 1. The first kappa shape index (κ1) is 22.0. The minimum atomic E-state index is -4.78. The van der Waals surface area contributed by atoms with Crippen molar-refractivity contribution in [2.75, 3.05) is 18.0 Å². The molecule has 0 amide bonds. The lowest BCUT2D eigenvalue weighted by Crippen LogP contribution is -2.43. The molecule has 1 aliphatic rings. The lowest BCUT2D eigenvalue weighted by atomic mass is 9.84. The summed E-state index contributed by atoms with van der Waals surface area (Å²) in [6.45, 7) is 2.99. The maximum Gasteiger partial charge on any atom is 0.573 e. The molecule has 9 heteroatoms. The van der Waals surface area contributed by atoms with Crippen LogP contribution in [0.3, 0.4) is 0 Å². The summed E-state index contributed by atoms with van der Waals surface area (Å²) >= 11 is 0. The van der Waals surface area contributed by atoms with Crippen LogP contribution in [0.1, 0.15) is 31.0 Å². The van der Waals surface area contributed by atoms with Gasteiger partial charge in [0.25, 0.3) is 0 Å². The van der Waals surface area contributed by atoms with Crippen molar-refractivity contribution >= 4 is 5.82 Å². The molecule has 1 aliphatic heterocycles. The van der Waals surface area contributed by atoms with E-state index in [1.54, 1.807) is 12.3 Å². The van der Waals surface area contributed by atoms with E-state index in [-0.39, 0.29) is 5.75 Å². The molecule has 1 fully saturated rings. The predicted octanol–water partition coefficient (Wildman–Crippen LogP) is 4.49. The van der Waals surface area contributed by atoms with Crippen molar-refractivity contribution < 1.29 is 23.0 Å². The highest BCUT2D eigenvalue weighted by atomic mass is 19.4. The average molecular weight is 444 g/mol. The molecule has 2 aromatic heterocycles. The summed E-state index contributed by atoms with van der Waals surface area (Å²) in [6.07, 6.45) is -1.67. The van der Waals surface area contributed by atoms with Crippen molar-refractivity contribution in [1.29, 1.82) is 0 Å². The molecule has 1 aromatic carbocycles. The summed E-state index contributed by atoms with van der Waals surface area (Å²) in [7, 11) is 0. The van der Waals surface area contributed by atoms with Gasteiger partial charge in [-0.3, -0.25) is 4.98 Å². The number of ether oxygens (including phenoxy) is 1. The maximum atomic E-state index is 12.6. The first-order valence-corrected chi connectivity index (χ1v) is 10.4. The van der Waals surface area contributed by atoms with Crippen LogP contribution >= 0.6 is 0 Å². The van der Waals surface area contributed by atoms with Crippen LogP contribution in [0.15, 0.2) is 54.7 Å². The van der Waals surface area contributed by atoms with Gasteiger partial charge in [-0.1, -0.05) is 25.1 Å². The smallest absolute Gasteiger partial charge is 0.406 e. The first-order chi connectivity index (χ1) is 15.3. The van der Waals surface area contributed by atoms with E-state index in [1.807, 2.05) is 31.2 Å². The van der Waals surface area contributed by atoms with Gasteiger partial charge in [0.2, 0.25) is 0 Å². The van der Waals surface area contributed by atoms with Gasteiger partial charge in [0.1, 0.15) is 17.3 Å². The molecule has 0 aliphatic carbocycles. The van der Waals surface area contributed by atoms with E-state index >= 15 is 0 Å². The Morgan fingerprint density at radius 3 is 2.50 bits per heavy atom. The fourth-order valence-electron chi connectivity index (χ4n) is 3.81. The van der Waals surface area contributed by atoms with Crippen LogP contribution < -0.4 is 9.64 Å². The number of pyridine rings is 1. The summed E-state index contributed by atoms with van der Waals surface area (Å²) < 4.78 is 41.7. The number of halogens is 3. The molecule has 3 heterocycles. The molecular formula is C23H23F3N4O2. The van der Waals surface area contributed by atoms with Gasteiger partial charge in [0, 0.05) is 31.0 Å². The van der Waals surface area contributed by atoms with E-state index in [9.17, 15) is 18.3 Å². The number of aromatic nitrogens is 3. The minimum Gasteiger partial charge on any atom is -0.406 e. The number of hydrogen-bond acceptors (Lipinski definition) is 6. The standard InChI is InChI=1S/C23H23F3N4O2/c1-2-17-15-20(29-21(28-17)19-8-3-4-11-27-19)30-12-9-22(31,10-13-30)16-6-5-7-18(14-16)32-23(24,25)26/h3-8,11,14-15,31H,2,9-10,12-13H2,1H3. The van der Waals surface area contributed by atoms with Gasteiger partial charge < -0.3 is 14.7 Å². The molecule has 0 unspecified atom stereocenters. The number of alkyl halides is 3. The van der Waals surface area contributed by atoms with E-state index in [4.69, 9.17) is 0 Å². The summed E-state index contributed by atoms with van der Waals surface area (Å²) in [6, 6.07) is 13.0. The van der Waals surface area contributed by atoms with Crippen LogP contribution in [0.2, 0.25) is 0 Å². The zero-order valence-electron chi connectivity index (χ0n) is 17.5. The van der Waals surface area contributed by atoms with Crippen LogP contribution in [0.5, 0.6) is 5.75 Å². The zero-order chi connectivity index (χ0) is 22.8. The summed E-state index contributed by atoms with van der Waals surface area (Å²) in [5.74, 6) is 0.945. The number of piperidine rings is 1. The monoisotopic (exact) mass is 444 g/mol.